The van der Waals surface area contributed by atoms with Gasteiger partial charge in [-0.05, 0) is 29.0 Å². The van der Waals surface area contributed by atoms with Crippen molar-refractivity contribution in [3.63, 3.8) is 0 Å². The summed E-state index contributed by atoms with van der Waals surface area (Å²) < 4.78 is 12.1. The van der Waals surface area contributed by atoms with E-state index < -0.39 is 0 Å². The number of methoxy groups -OCH3 is 1. The average Bonchev–Trinajstić information content (AvgIpc) is 2.89. The van der Waals surface area contributed by atoms with Gasteiger partial charge in [0.25, 0.3) is 5.95 Å². The highest BCUT2D eigenvalue weighted by Crippen LogP contribution is 2.36. The first kappa shape index (κ1) is 15.4. The van der Waals surface area contributed by atoms with E-state index in [0.29, 0.717) is 24.7 Å². The molecular weight excluding hydrogens is 340 g/mol. The Bertz CT molecular complexity index is 603. The number of nitrogen functional groups attached to an aromatic ring is 1. The number of halogens is 1. The number of tetrazole rings is 1. The molecule has 8 nitrogen and oxygen atoms in total. The molecule has 0 unspecified atom stereocenters. The summed E-state index contributed by atoms with van der Waals surface area (Å²) in [6.07, 6.45) is 0.905. The average molecular weight is 357 g/mol. The van der Waals surface area contributed by atoms with Gasteiger partial charge in [-0.2, -0.15) is 0 Å². The molecule has 114 valence electrons. The molecule has 0 amide bonds. The van der Waals surface area contributed by atoms with Crippen LogP contribution < -0.4 is 20.6 Å². The maximum Gasteiger partial charge on any atom is 0.260 e. The molecule has 2 rings (SSSR count). The Kier molecular flexibility index (Phi) is 5.20. The maximum atomic E-state index is 5.80. The molecule has 2 aromatic rings. The van der Waals surface area contributed by atoms with Crippen LogP contribution in [-0.4, -0.2) is 34.0 Å². The van der Waals surface area contributed by atoms with E-state index in [2.05, 4.69) is 36.9 Å². The van der Waals surface area contributed by atoms with Crippen LogP contribution >= 0.6 is 15.9 Å². The van der Waals surface area contributed by atoms with E-state index in [4.69, 9.17) is 15.2 Å². The highest BCUT2D eigenvalue weighted by molar-refractivity contribution is 9.10. The minimum absolute atomic E-state index is 0.185. The lowest BCUT2D eigenvalue weighted by molar-refractivity contribution is 0.291. The molecule has 0 fully saturated rings. The first-order chi connectivity index (χ1) is 10.2. The summed E-state index contributed by atoms with van der Waals surface area (Å²) in [5, 5.41) is 10.8. The zero-order valence-electron chi connectivity index (χ0n) is 11.8. The van der Waals surface area contributed by atoms with Gasteiger partial charge in [-0.3, -0.25) is 0 Å². The number of nitrogens with two attached hydrogens (primary N) is 1. The topological polar surface area (TPSA) is 100 Å². The van der Waals surface area contributed by atoms with Crippen molar-refractivity contribution in [2.45, 2.75) is 19.9 Å². The molecule has 1 aromatic carbocycles. The molecule has 0 saturated heterocycles. The van der Waals surface area contributed by atoms with Crippen molar-refractivity contribution in [1.29, 1.82) is 0 Å². The quantitative estimate of drug-likeness (QED) is 0.776. The summed E-state index contributed by atoms with van der Waals surface area (Å²) in [5.41, 5.74) is 9.52. The van der Waals surface area contributed by atoms with Crippen molar-refractivity contribution >= 4 is 21.9 Å². The van der Waals surface area contributed by atoms with Gasteiger partial charge in [0.05, 0.1) is 20.3 Å². The number of hydrogen-bond acceptors (Lipinski definition) is 7. The first-order valence-electron chi connectivity index (χ1n) is 6.43. The van der Waals surface area contributed by atoms with Gasteiger partial charge in [-0.25, -0.2) is 0 Å². The summed E-state index contributed by atoms with van der Waals surface area (Å²) in [5.74, 6) is 1.55. The van der Waals surface area contributed by atoms with Crippen LogP contribution in [0.3, 0.4) is 0 Å². The third kappa shape index (κ3) is 3.54. The number of benzene rings is 1. The highest BCUT2D eigenvalue weighted by atomic mass is 79.9. The summed E-state index contributed by atoms with van der Waals surface area (Å²) in [4.78, 5) is 1.30. The zero-order valence-corrected chi connectivity index (χ0v) is 13.4. The number of nitrogens with zero attached hydrogens (tertiary/aromatic N) is 4. The smallest absolute Gasteiger partial charge is 0.260 e. The minimum Gasteiger partial charge on any atom is -0.493 e. The predicted molar refractivity (Wildman–Crippen MR) is 81.8 cm³/mol. The van der Waals surface area contributed by atoms with Crippen molar-refractivity contribution in [1.82, 2.24) is 20.3 Å². The fourth-order valence-corrected chi connectivity index (χ4v) is 2.18. The lowest BCUT2D eigenvalue weighted by atomic mass is 10.2. The Morgan fingerprint density at radius 3 is 2.86 bits per heavy atom. The van der Waals surface area contributed by atoms with E-state index in [1.165, 1.54) is 4.79 Å². The molecule has 0 spiro atoms. The molecule has 1 aromatic heterocycles. The van der Waals surface area contributed by atoms with Gasteiger partial charge in [-0.15, -0.1) is 4.79 Å². The Morgan fingerprint density at radius 2 is 2.24 bits per heavy atom. The maximum absolute atomic E-state index is 5.80. The van der Waals surface area contributed by atoms with Crippen molar-refractivity contribution in [3.05, 3.63) is 22.2 Å². The fourth-order valence-electron chi connectivity index (χ4n) is 1.73. The molecule has 0 aliphatic heterocycles. The number of hydrogen-bond donors (Lipinski definition) is 2. The van der Waals surface area contributed by atoms with E-state index >= 15 is 0 Å². The standard InChI is InChI=1S/C12H17BrN6O2/c1-3-6-21-11-8(9(13)4-5-10(11)20-2)7-15-19-12(14)16-17-18-19/h4-5,15H,3,6-7H2,1-2H3,(H2,14,16,18). The van der Waals surface area contributed by atoms with Crippen LogP contribution in [0, 0.1) is 0 Å². The van der Waals surface area contributed by atoms with Crippen LogP contribution in [0.4, 0.5) is 5.95 Å². The van der Waals surface area contributed by atoms with E-state index in [1.54, 1.807) is 7.11 Å². The van der Waals surface area contributed by atoms with Gasteiger partial charge in [0.1, 0.15) is 0 Å². The molecule has 0 aliphatic carbocycles. The second kappa shape index (κ2) is 7.11. The van der Waals surface area contributed by atoms with Crippen LogP contribution in [0.2, 0.25) is 0 Å². The van der Waals surface area contributed by atoms with Crippen LogP contribution in [-0.2, 0) is 6.54 Å². The number of ether oxygens (including phenoxy) is 2. The lowest BCUT2D eigenvalue weighted by Crippen LogP contribution is -2.19. The fraction of sp³-hybridized carbons (Fsp3) is 0.417. The van der Waals surface area contributed by atoms with E-state index in [0.717, 1.165) is 16.5 Å². The SMILES string of the molecule is CCCOc1c(OC)ccc(Br)c1CNn1nnnc1N. The molecule has 0 atom stereocenters. The van der Waals surface area contributed by atoms with Crippen LogP contribution in [0.25, 0.3) is 0 Å². The predicted octanol–water partition coefficient (Wildman–Crippen LogP) is 1.56. The van der Waals surface area contributed by atoms with Crippen LogP contribution in [0.5, 0.6) is 11.5 Å². The normalized spacial score (nSPS) is 10.4. The molecule has 3 N–H and O–H groups in total. The van der Waals surface area contributed by atoms with Gasteiger partial charge in [-0.1, -0.05) is 28.0 Å². The largest absolute Gasteiger partial charge is 0.493 e. The zero-order chi connectivity index (χ0) is 15.2. The van der Waals surface area contributed by atoms with Gasteiger partial charge in [0, 0.05) is 10.0 Å². The summed E-state index contributed by atoms with van der Waals surface area (Å²) in [6.45, 7) is 3.07. The monoisotopic (exact) mass is 356 g/mol. The lowest BCUT2D eigenvalue weighted by Gasteiger charge is -2.17. The molecule has 9 heteroatoms. The Hall–Kier alpha value is -2.03. The van der Waals surface area contributed by atoms with Gasteiger partial charge < -0.3 is 20.6 Å². The number of rotatable bonds is 7. The number of nitrogens with one attached hydrogen (secondary N) is 1. The highest BCUT2D eigenvalue weighted by Gasteiger charge is 2.15. The van der Waals surface area contributed by atoms with Gasteiger partial charge in [0.2, 0.25) is 0 Å². The summed E-state index contributed by atoms with van der Waals surface area (Å²) in [6, 6.07) is 3.75. The Morgan fingerprint density at radius 1 is 1.43 bits per heavy atom. The summed E-state index contributed by atoms with van der Waals surface area (Å²) >= 11 is 3.52. The molecular formula is C12H17BrN6O2. The van der Waals surface area contributed by atoms with E-state index in [-0.39, 0.29) is 5.95 Å². The second-order valence-corrected chi connectivity index (χ2v) is 5.04. The Labute approximate surface area is 130 Å². The summed E-state index contributed by atoms with van der Waals surface area (Å²) in [7, 11) is 1.61. The van der Waals surface area contributed by atoms with Gasteiger partial charge >= 0.3 is 0 Å². The molecule has 0 saturated carbocycles. The van der Waals surface area contributed by atoms with Gasteiger partial charge in [0.15, 0.2) is 11.5 Å². The third-order valence-corrected chi connectivity index (χ3v) is 3.48. The molecule has 1 heterocycles. The first-order valence-corrected chi connectivity index (χ1v) is 7.22. The van der Waals surface area contributed by atoms with E-state index in [9.17, 15) is 0 Å². The third-order valence-electron chi connectivity index (χ3n) is 2.74. The van der Waals surface area contributed by atoms with Crippen molar-refractivity contribution in [2.24, 2.45) is 0 Å². The molecule has 0 radical (unpaired) electrons. The number of aromatic nitrogens is 4. The van der Waals surface area contributed by atoms with Crippen molar-refractivity contribution < 1.29 is 9.47 Å². The van der Waals surface area contributed by atoms with Crippen LogP contribution in [0.15, 0.2) is 16.6 Å². The van der Waals surface area contributed by atoms with E-state index in [1.807, 2.05) is 19.1 Å². The van der Waals surface area contributed by atoms with Crippen molar-refractivity contribution in [3.8, 4) is 11.5 Å². The minimum atomic E-state index is 0.185. The van der Waals surface area contributed by atoms with Crippen molar-refractivity contribution in [2.75, 3.05) is 24.9 Å². The molecule has 0 aliphatic rings. The number of anilines is 1. The Balaban J connectivity index is 2.25. The molecule has 21 heavy (non-hydrogen) atoms. The second-order valence-electron chi connectivity index (χ2n) is 4.19. The molecule has 0 bridgehead atoms. The van der Waals surface area contributed by atoms with Crippen LogP contribution in [0.1, 0.15) is 18.9 Å².